The summed E-state index contributed by atoms with van der Waals surface area (Å²) in [6.45, 7) is 7.59. The molecule has 0 radical (unpaired) electrons. The van der Waals surface area contributed by atoms with Gasteiger partial charge in [0, 0.05) is 20.8 Å². The average Bonchev–Trinajstić information content (AvgIpc) is 2.52. The second kappa shape index (κ2) is 16.3. The molecular weight excluding hydrogens is 262 g/mol. The van der Waals surface area contributed by atoms with Gasteiger partial charge in [0.05, 0.1) is 0 Å². The lowest BCUT2D eigenvalue weighted by molar-refractivity contribution is -0.115. The van der Waals surface area contributed by atoms with Crippen LogP contribution < -0.4 is 0 Å². The molecule has 0 aliphatic rings. The molecule has 0 N–H and O–H groups in total. The van der Waals surface area contributed by atoms with Crippen LogP contribution in [0.4, 0.5) is 0 Å². The maximum Gasteiger partial charge on any atom is 0.169 e. The lowest BCUT2D eigenvalue weighted by atomic mass is 10.1. The molecule has 0 aromatic heterocycles. The Balaban J connectivity index is 3.39. The van der Waals surface area contributed by atoms with Crippen LogP contribution in [-0.2, 0) is 9.47 Å². The molecule has 3 nitrogen and oxygen atoms in total. The van der Waals surface area contributed by atoms with Gasteiger partial charge in [-0.05, 0) is 19.5 Å². The van der Waals surface area contributed by atoms with Crippen LogP contribution in [0.5, 0.6) is 0 Å². The molecule has 0 spiro atoms. The number of nitrogens with zero attached hydrogens (tertiary/aromatic N) is 1. The Bertz CT molecular complexity index is 196. The first-order valence-corrected chi connectivity index (χ1v) is 9.06. The summed E-state index contributed by atoms with van der Waals surface area (Å²) in [5.74, 6) is 0. The molecule has 21 heavy (non-hydrogen) atoms. The molecule has 0 saturated heterocycles. The standard InChI is InChI=1S/C18H39NO2/c1-5-7-8-9-10-11-12-13-14-15-16-19(6-2)17-18(20-3)21-4/h18H,5-17H2,1-4H3. The van der Waals surface area contributed by atoms with E-state index in [1.54, 1.807) is 14.2 Å². The summed E-state index contributed by atoms with van der Waals surface area (Å²) in [6, 6.07) is 0. The maximum atomic E-state index is 5.27. The summed E-state index contributed by atoms with van der Waals surface area (Å²) in [6.07, 6.45) is 13.9. The van der Waals surface area contributed by atoms with E-state index >= 15 is 0 Å². The van der Waals surface area contributed by atoms with Crippen molar-refractivity contribution in [1.29, 1.82) is 0 Å². The van der Waals surface area contributed by atoms with E-state index in [0.717, 1.165) is 19.6 Å². The second-order valence-corrected chi connectivity index (χ2v) is 5.98. The molecule has 0 rings (SSSR count). The number of methoxy groups -OCH3 is 2. The van der Waals surface area contributed by atoms with Crippen molar-refractivity contribution in [2.24, 2.45) is 0 Å². The highest BCUT2D eigenvalue weighted by Gasteiger charge is 2.10. The van der Waals surface area contributed by atoms with Crippen LogP contribution in [0.3, 0.4) is 0 Å². The van der Waals surface area contributed by atoms with Gasteiger partial charge in [-0.15, -0.1) is 0 Å². The highest BCUT2D eigenvalue weighted by Crippen LogP contribution is 2.11. The predicted molar refractivity (Wildman–Crippen MR) is 91.8 cm³/mol. The van der Waals surface area contributed by atoms with Gasteiger partial charge >= 0.3 is 0 Å². The topological polar surface area (TPSA) is 21.7 Å². The third-order valence-electron chi connectivity index (χ3n) is 4.21. The first-order chi connectivity index (χ1) is 10.3. The minimum atomic E-state index is -0.0897. The van der Waals surface area contributed by atoms with Crippen molar-refractivity contribution in [2.45, 2.75) is 84.3 Å². The van der Waals surface area contributed by atoms with Gasteiger partial charge in [0.1, 0.15) is 0 Å². The van der Waals surface area contributed by atoms with E-state index in [1.165, 1.54) is 64.2 Å². The van der Waals surface area contributed by atoms with Gasteiger partial charge < -0.3 is 9.47 Å². The fraction of sp³-hybridized carbons (Fsp3) is 1.00. The lowest BCUT2D eigenvalue weighted by Gasteiger charge is -2.24. The Kier molecular flexibility index (Phi) is 16.2. The third kappa shape index (κ3) is 13.3. The minimum Gasteiger partial charge on any atom is -0.355 e. The van der Waals surface area contributed by atoms with E-state index in [1.807, 2.05) is 0 Å². The molecule has 0 bridgehead atoms. The van der Waals surface area contributed by atoms with Crippen LogP contribution >= 0.6 is 0 Å². The Morgan fingerprint density at radius 1 is 0.714 bits per heavy atom. The van der Waals surface area contributed by atoms with Crippen LogP contribution in [0.25, 0.3) is 0 Å². The van der Waals surface area contributed by atoms with Crippen LogP contribution in [0.1, 0.15) is 78.1 Å². The molecule has 0 aliphatic carbocycles. The molecule has 0 aromatic carbocycles. The summed E-state index contributed by atoms with van der Waals surface area (Å²) in [4.78, 5) is 2.42. The van der Waals surface area contributed by atoms with Crippen molar-refractivity contribution in [3.8, 4) is 0 Å². The smallest absolute Gasteiger partial charge is 0.169 e. The van der Waals surface area contributed by atoms with Gasteiger partial charge in [-0.1, -0.05) is 71.6 Å². The molecule has 128 valence electrons. The summed E-state index contributed by atoms with van der Waals surface area (Å²) in [5.41, 5.74) is 0. The molecule has 0 heterocycles. The molecule has 0 aromatic rings. The Labute approximate surface area is 133 Å². The monoisotopic (exact) mass is 301 g/mol. The highest BCUT2D eigenvalue weighted by atomic mass is 16.7. The SMILES string of the molecule is CCCCCCCCCCCCN(CC)CC(OC)OC. The Morgan fingerprint density at radius 2 is 1.19 bits per heavy atom. The number of hydrogen-bond donors (Lipinski definition) is 0. The number of likely N-dealkylation sites (N-methyl/N-ethyl adjacent to an activating group) is 1. The van der Waals surface area contributed by atoms with E-state index < -0.39 is 0 Å². The maximum absolute atomic E-state index is 5.27. The zero-order chi connectivity index (χ0) is 15.8. The van der Waals surface area contributed by atoms with E-state index in [4.69, 9.17) is 9.47 Å². The van der Waals surface area contributed by atoms with E-state index in [-0.39, 0.29) is 6.29 Å². The predicted octanol–water partition coefficient (Wildman–Crippen LogP) is 4.85. The van der Waals surface area contributed by atoms with Crippen LogP contribution in [0.15, 0.2) is 0 Å². The van der Waals surface area contributed by atoms with Crippen LogP contribution in [0.2, 0.25) is 0 Å². The summed E-state index contributed by atoms with van der Waals surface area (Å²) in [5, 5.41) is 0. The van der Waals surface area contributed by atoms with Gasteiger partial charge in [-0.25, -0.2) is 0 Å². The van der Waals surface area contributed by atoms with Gasteiger partial charge in [0.15, 0.2) is 6.29 Å². The molecule has 0 unspecified atom stereocenters. The fourth-order valence-corrected chi connectivity index (χ4v) is 2.66. The van der Waals surface area contributed by atoms with Gasteiger partial charge in [-0.2, -0.15) is 0 Å². The zero-order valence-corrected chi connectivity index (χ0v) is 15.0. The normalized spacial score (nSPS) is 11.7. The van der Waals surface area contributed by atoms with Crippen molar-refractivity contribution < 1.29 is 9.47 Å². The van der Waals surface area contributed by atoms with Gasteiger partial charge in [0.2, 0.25) is 0 Å². The Morgan fingerprint density at radius 3 is 1.62 bits per heavy atom. The van der Waals surface area contributed by atoms with E-state index in [2.05, 4.69) is 18.7 Å². The molecule has 0 atom stereocenters. The van der Waals surface area contributed by atoms with Gasteiger partial charge in [0.25, 0.3) is 0 Å². The van der Waals surface area contributed by atoms with Crippen molar-refractivity contribution >= 4 is 0 Å². The van der Waals surface area contributed by atoms with Crippen LogP contribution in [-0.4, -0.2) is 45.0 Å². The number of rotatable bonds is 16. The first-order valence-electron chi connectivity index (χ1n) is 9.06. The van der Waals surface area contributed by atoms with Crippen molar-refractivity contribution in [3.63, 3.8) is 0 Å². The lowest BCUT2D eigenvalue weighted by Crippen LogP contribution is -2.35. The van der Waals surface area contributed by atoms with Crippen LogP contribution in [0, 0.1) is 0 Å². The molecule has 0 aliphatic heterocycles. The fourth-order valence-electron chi connectivity index (χ4n) is 2.66. The quantitative estimate of drug-likeness (QED) is 0.300. The number of hydrogen-bond acceptors (Lipinski definition) is 3. The van der Waals surface area contributed by atoms with Gasteiger partial charge in [-0.3, -0.25) is 4.90 Å². The third-order valence-corrected chi connectivity index (χ3v) is 4.21. The number of ether oxygens (including phenoxy) is 2. The average molecular weight is 302 g/mol. The van der Waals surface area contributed by atoms with E-state index in [9.17, 15) is 0 Å². The zero-order valence-electron chi connectivity index (χ0n) is 15.0. The van der Waals surface area contributed by atoms with Crippen molar-refractivity contribution in [3.05, 3.63) is 0 Å². The highest BCUT2D eigenvalue weighted by molar-refractivity contribution is 4.58. The number of unbranched alkanes of at least 4 members (excludes halogenated alkanes) is 9. The largest absolute Gasteiger partial charge is 0.355 e. The van der Waals surface area contributed by atoms with Crippen molar-refractivity contribution in [2.75, 3.05) is 33.9 Å². The minimum absolute atomic E-state index is 0.0897. The first kappa shape index (κ1) is 20.9. The summed E-state index contributed by atoms with van der Waals surface area (Å²) >= 11 is 0. The molecule has 0 amide bonds. The summed E-state index contributed by atoms with van der Waals surface area (Å²) < 4.78 is 10.5. The van der Waals surface area contributed by atoms with E-state index in [0.29, 0.717) is 0 Å². The molecule has 0 saturated carbocycles. The molecule has 3 heteroatoms. The summed E-state index contributed by atoms with van der Waals surface area (Å²) in [7, 11) is 3.42. The Hall–Kier alpha value is -0.120. The molecular formula is C18H39NO2. The second-order valence-electron chi connectivity index (χ2n) is 5.98. The van der Waals surface area contributed by atoms with Crippen molar-refractivity contribution in [1.82, 2.24) is 4.90 Å². The molecule has 0 fully saturated rings.